The van der Waals surface area contributed by atoms with Crippen LogP contribution in [0.25, 0.3) is 44.8 Å². The van der Waals surface area contributed by atoms with Crippen molar-refractivity contribution in [1.82, 2.24) is 25.1 Å². The third-order valence-electron chi connectivity index (χ3n) is 5.54. The maximum absolute atomic E-state index is 14.5. The highest BCUT2D eigenvalue weighted by Crippen LogP contribution is 2.34. The van der Waals surface area contributed by atoms with Crippen molar-refractivity contribution in [2.45, 2.75) is 6.54 Å². The van der Waals surface area contributed by atoms with E-state index < -0.39 is 11.6 Å². The summed E-state index contributed by atoms with van der Waals surface area (Å²) in [5.74, 6) is -0.561. The monoisotopic (exact) mass is 450 g/mol. The van der Waals surface area contributed by atoms with Crippen molar-refractivity contribution in [2.75, 3.05) is 11.9 Å². The number of imidazole rings is 1. The Morgan fingerprint density at radius 1 is 1.03 bits per heavy atom. The summed E-state index contributed by atoms with van der Waals surface area (Å²) in [6, 6.07) is 7.56. The van der Waals surface area contributed by atoms with Gasteiger partial charge in [-0.15, -0.1) is 0 Å². The van der Waals surface area contributed by atoms with Gasteiger partial charge in [0.1, 0.15) is 23.9 Å². The van der Waals surface area contributed by atoms with Gasteiger partial charge in [-0.3, -0.25) is 20.4 Å². The van der Waals surface area contributed by atoms with Gasteiger partial charge in [0.05, 0.1) is 28.3 Å². The Bertz CT molecular complexity index is 1510. The summed E-state index contributed by atoms with van der Waals surface area (Å²) in [7, 11) is 0. The van der Waals surface area contributed by atoms with E-state index in [1.807, 2.05) is 18.5 Å². The molecule has 0 unspecified atom stereocenters. The zero-order chi connectivity index (χ0) is 21.8. The Morgan fingerprint density at radius 2 is 1.94 bits per heavy atom. The predicted octanol–water partition coefficient (Wildman–Crippen LogP) is 4.33. The minimum atomic E-state index is -0.823. The number of halogens is 3. The van der Waals surface area contributed by atoms with Crippen LogP contribution >= 0.6 is 11.6 Å². The lowest BCUT2D eigenvalue weighted by molar-refractivity contribution is -0.669. The highest BCUT2D eigenvalue weighted by molar-refractivity contribution is 6.31. The number of benzene rings is 1. The molecule has 158 valence electrons. The number of fused-ring (bicyclic) bond motifs is 2. The zero-order valence-corrected chi connectivity index (χ0v) is 17.2. The molecule has 1 aromatic carbocycles. The van der Waals surface area contributed by atoms with E-state index in [0.29, 0.717) is 22.5 Å². The van der Waals surface area contributed by atoms with Crippen LogP contribution in [0.1, 0.15) is 0 Å². The van der Waals surface area contributed by atoms with E-state index in [1.165, 1.54) is 6.07 Å². The molecule has 3 N–H and O–H groups in total. The van der Waals surface area contributed by atoms with Crippen LogP contribution < -0.4 is 9.88 Å². The summed E-state index contributed by atoms with van der Waals surface area (Å²) in [4.78, 5) is 12.6. The van der Waals surface area contributed by atoms with Gasteiger partial charge in [-0.2, -0.15) is 5.10 Å². The summed E-state index contributed by atoms with van der Waals surface area (Å²) in [5.41, 5.74) is 4.76. The summed E-state index contributed by atoms with van der Waals surface area (Å²) in [6.07, 6.45) is 5.35. The number of hydrogen-bond acceptors (Lipinski definition) is 4. The van der Waals surface area contributed by atoms with Crippen LogP contribution in [0.3, 0.4) is 0 Å². The Balaban J connectivity index is 1.46. The Morgan fingerprint density at radius 3 is 2.84 bits per heavy atom. The summed E-state index contributed by atoms with van der Waals surface area (Å²) in [6.45, 7) is 1.79. The summed E-state index contributed by atoms with van der Waals surface area (Å²) >= 11 is 5.87. The quantitative estimate of drug-likeness (QED) is 0.282. The number of H-pyrrole nitrogens is 2. The maximum atomic E-state index is 14.5. The normalized spacial score (nSPS) is 12.8. The number of nitrogens with zero attached hydrogens (tertiary/aromatic N) is 4. The number of aromatic nitrogens is 6. The number of anilines is 1. The second-order valence-electron chi connectivity index (χ2n) is 7.47. The van der Waals surface area contributed by atoms with Gasteiger partial charge in [-0.25, -0.2) is 18.3 Å². The van der Waals surface area contributed by atoms with Crippen molar-refractivity contribution in [3.63, 3.8) is 0 Å². The molecular formula is C22H15ClF2N7+. The van der Waals surface area contributed by atoms with Gasteiger partial charge in [0, 0.05) is 35.2 Å². The molecule has 0 atom stereocenters. The minimum absolute atomic E-state index is 0.0893. The molecule has 4 aromatic heterocycles. The van der Waals surface area contributed by atoms with Crippen LogP contribution in [0, 0.1) is 11.6 Å². The minimum Gasteiger partial charge on any atom is -0.299 e. The van der Waals surface area contributed by atoms with Crippen molar-refractivity contribution in [3.8, 4) is 33.8 Å². The van der Waals surface area contributed by atoms with Crippen molar-refractivity contribution in [2.24, 2.45) is 0 Å². The smallest absolute Gasteiger partial charge is 0.261 e. The van der Waals surface area contributed by atoms with Gasteiger partial charge in [0.15, 0.2) is 12.0 Å². The molecule has 1 aliphatic rings. The van der Waals surface area contributed by atoms with Gasteiger partial charge in [-0.05, 0) is 24.3 Å². The lowest BCUT2D eigenvalue weighted by Crippen LogP contribution is -2.27. The Hall–Kier alpha value is -3.85. The van der Waals surface area contributed by atoms with Gasteiger partial charge in [-0.1, -0.05) is 11.6 Å². The number of rotatable bonds is 3. The van der Waals surface area contributed by atoms with Crippen LogP contribution in [0.15, 0.2) is 49.1 Å². The standard InChI is InChI=1S/C22H14ClF2N7/c23-14-6-12(15(24)7-16(14)25)21-13(9-29-31-21)17-1-2-18-19(30-17)5-11(8-27-18)20-22-26-3-4-32(22)10-28-20/h1-2,5-10H,3-4H2,(H2,26,29,30,31)/p+1. The lowest BCUT2D eigenvalue weighted by Gasteiger charge is -2.07. The summed E-state index contributed by atoms with van der Waals surface area (Å²) < 4.78 is 30.2. The van der Waals surface area contributed by atoms with E-state index in [1.54, 1.807) is 18.5 Å². The molecule has 5 heterocycles. The molecule has 5 aromatic rings. The molecule has 0 radical (unpaired) electrons. The molecule has 0 spiro atoms. The van der Waals surface area contributed by atoms with Crippen molar-refractivity contribution in [1.29, 1.82) is 0 Å². The predicted molar refractivity (Wildman–Crippen MR) is 116 cm³/mol. The molecule has 0 saturated carbocycles. The second kappa shape index (κ2) is 7.10. The van der Waals surface area contributed by atoms with Gasteiger partial charge >= 0.3 is 0 Å². The van der Waals surface area contributed by atoms with E-state index in [9.17, 15) is 8.78 Å². The summed E-state index contributed by atoms with van der Waals surface area (Å²) in [5, 5.41) is 10.1. The Labute approximate surface area is 185 Å². The largest absolute Gasteiger partial charge is 0.299 e. The number of aromatic amines is 2. The fourth-order valence-electron chi connectivity index (χ4n) is 3.99. The first-order chi connectivity index (χ1) is 15.6. The van der Waals surface area contributed by atoms with Crippen molar-refractivity contribution in [3.05, 3.63) is 65.7 Å². The molecule has 10 heteroatoms. The van der Waals surface area contributed by atoms with Crippen molar-refractivity contribution >= 4 is 28.5 Å². The molecule has 1 aliphatic heterocycles. The molecule has 7 nitrogen and oxygen atoms in total. The molecule has 0 fully saturated rings. The van der Waals surface area contributed by atoms with E-state index in [0.717, 1.165) is 41.7 Å². The third-order valence-corrected chi connectivity index (χ3v) is 5.83. The molecular weight excluding hydrogens is 436 g/mol. The van der Waals surface area contributed by atoms with E-state index >= 15 is 0 Å². The van der Waals surface area contributed by atoms with Crippen LogP contribution in [-0.4, -0.2) is 31.7 Å². The first kappa shape index (κ1) is 18.9. The van der Waals surface area contributed by atoms with Crippen LogP contribution in [0.2, 0.25) is 5.02 Å². The number of hydrogen-bond donors (Lipinski definition) is 3. The van der Waals surface area contributed by atoms with E-state index in [2.05, 4.69) is 30.0 Å². The average molecular weight is 451 g/mol. The SMILES string of the molecule is Fc1cc(F)c(-c2n[nH]cc2-c2ccc3ncc(-c4[nH]c[n+]5c4NCC5)cc3n2)cc1Cl. The van der Waals surface area contributed by atoms with Gasteiger partial charge in [0.2, 0.25) is 0 Å². The highest BCUT2D eigenvalue weighted by atomic mass is 35.5. The van der Waals surface area contributed by atoms with Crippen molar-refractivity contribution < 1.29 is 13.3 Å². The third kappa shape index (κ3) is 2.93. The number of pyridine rings is 2. The average Bonchev–Trinajstić information content (AvgIpc) is 3.52. The fraction of sp³-hybridized carbons (Fsp3) is 0.0909. The van der Waals surface area contributed by atoms with Gasteiger partial charge < -0.3 is 0 Å². The molecule has 0 amide bonds. The van der Waals surface area contributed by atoms with Gasteiger partial charge in [0.25, 0.3) is 5.82 Å². The number of nitrogens with one attached hydrogen (secondary N) is 3. The molecule has 0 saturated heterocycles. The second-order valence-corrected chi connectivity index (χ2v) is 7.88. The Kier molecular flexibility index (Phi) is 4.19. The van der Waals surface area contributed by atoms with Crippen LogP contribution in [0.4, 0.5) is 14.6 Å². The van der Waals surface area contributed by atoms with Crippen LogP contribution in [-0.2, 0) is 6.54 Å². The molecule has 32 heavy (non-hydrogen) atoms. The zero-order valence-electron chi connectivity index (χ0n) is 16.5. The van der Waals surface area contributed by atoms with E-state index in [-0.39, 0.29) is 10.6 Å². The molecule has 0 aliphatic carbocycles. The highest BCUT2D eigenvalue weighted by Gasteiger charge is 2.24. The lowest BCUT2D eigenvalue weighted by atomic mass is 10.0. The fourth-order valence-corrected chi connectivity index (χ4v) is 4.15. The maximum Gasteiger partial charge on any atom is 0.261 e. The first-order valence-corrected chi connectivity index (χ1v) is 10.3. The van der Waals surface area contributed by atoms with E-state index in [4.69, 9.17) is 16.6 Å². The molecule has 0 bridgehead atoms. The van der Waals surface area contributed by atoms with Crippen LogP contribution in [0.5, 0.6) is 0 Å². The molecule has 6 rings (SSSR count). The topological polar surface area (TPSA) is 86.2 Å². The first-order valence-electron chi connectivity index (χ1n) is 9.89.